The smallest absolute Gasteiger partial charge is 0.246 e. The molecule has 174 valence electrons. The minimum Gasteiger partial charge on any atom is -0.338 e. The van der Waals surface area contributed by atoms with E-state index < -0.39 is 21.9 Å². The summed E-state index contributed by atoms with van der Waals surface area (Å²) in [6.07, 6.45) is 6.35. The van der Waals surface area contributed by atoms with E-state index >= 15 is 0 Å². The molecule has 1 aliphatic heterocycles. The zero-order chi connectivity index (χ0) is 23.3. The Balaban J connectivity index is 1.65. The SMILES string of the molecule is CCCCn1nc(C)c(C=CC(=O)N2CCCC(NS(=O)(=O)c3cccc(F)c3)C2)c1Cl. The van der Waals surface area contributed by atoms with Gasteiger partial charge in [0.15, 0.2) is 0 Å². The first-order valence-corrected chi connectivity index (χ1v) is 12.5. The van der Waals surface area contributed by atoms with Gasteiger partial charge in [-0.05, 0) is 50.5 Å². The number of carbonyl (C=O) groups is 1. The van der Waals surface area contributed by atoms with E-state index in [4.69, 9.17) is 11.6 Å². The summed E-state index contributed by atoms with van der Waals surface area (Å²) in [7, 11) is -3.88. The molecule has 1 atom stereocenters. The minimum atomic E-state index is -3.88. The van der Waals surface area contributed by atoms with Crippen LogP contribution in [-0.4, -0.2) is 48.1 Å². The molecule has 7 nitrogen and oxygen atoms in total. The Morgan fingerprint density at radius 2 is 2.19 bits per heavy atom. The van der Waals surface area contributed by atoms with Crippen LogP contribution in [0.4, 0.5) is 4.39 Å². The lowest BCUT2D eigenvalue weighted by Crippen LogP contribution is -2.49. The van der Waals surface area contributed by atoms with Crippen LogP contribution in [0.25, 0.3) is 6.08 Å². The molecule has 1 saturated heterocycles. The summed E-state index contributed by atoms with van der Waals surface area (Å²) in [6, 6.07) is 4.41. The van der Waals surface area contributed by atoms with Gasteiger partial charge in [-0.1, -0.05) is 31.0 Å². The minimum absolute atomic E-state index is 0.133. The number of unbranched alkanes of at least 4 members (excludes halogenated alkanes) is 1. The van der Waals surface area contributed by atoms with Crippen LogP contribution in [0.15, 0.2) is 35.2 Å². The van der Waals surface area contributed by atoms with Crippen molar-refractivity contribution in [3.8, 4) is 0 Å². The summed E-state index contributed by atoms with van der Waals surface area (Å²) in [5.74, 6) is -0.846. The summed E-state index contributed by atoms with van der Waals surface area (Å²) >= 11 is 6.42. The Bertz CT molecular complexity index is 1100. The number of sulfonamides is 1. The lowest BCUT2D eigenvalue weighted by molar-refractivity contribution is -0.127. The standard InChI is InChI=1S/C22H28ClFN4O3S/c1-3-4-13-28-22(23)20(16(2)25-28)10-11-21(29)27-12-6-8-18(15-27)26-32(30,31)19-9-5-7-17(24)14-19/h5,7,9-11,14,18,26H,3-4,6,8,12-13,15H2,1-2H3. The number of halogens is 2. The maximum Gasteiger partial charge on any atom is 0.246 e. The number of nitrogens with zero attached hydrogens (tertiary/aromatic N) is 3. The Hall–Kier alpha value is -2.23. The van der Waals surface area contributed by atoms with Crippen molar-refractivity contribution in [1.29, 1.82) is 0 Å². The molecule has 1 N–H and O–H groups in total. The van der Waals surface area contributed by atoms with Crippen molar-refractivity contribution >= 4 is 33.6 Å². The predicted octanol–water partition coefficient (Wildman–Crippen LogP) is 3.77. The van der Waals surface area contributed by atoms with Crippen LogP contribution in [0.2, 0.25) is 5.15 Å². The number of nitrogens with one attached hydrogen (secondary N) is 1. The lowest BCUT2D eigenvalue weighted by Gasteiger charge is -2.32. The van der Waals surface area contributed by atoms with Crippen molar-refractivity contribution in [2.24, 2.45) is 0 Å². The molecule has 1 aliphatic rings. The van der Waals surface area contributed by atoms with Gasteiger partial charge in [0.05, 0.1) is 10.6 Å². The fourth-order valence-corrected chi connectivity index (χ4v) is 5.28. The molecule has 1 unspecified atom stereocenters. The summed E-state index contributed by atoms with van der Waals surface area (Å²) in [6.45, 7) is 5.42. The second-order valence-electron chi connectivity index (χ2n) is 7.90. The van der Waals surface area contributed by atoms with E-state index in [0.29, 0.717) is 30.1 Å². The molecule has 0 bridgehead atoms. The van der Waals surface area contributed by atoms with E-state index in [1.807, 2.05) is 6.92 Å². The first-order chi connectivity index (χ1) is 15.2. The third-order valence-electron chi connectivity index (χ3n) is 5.39. The molecule has 2 heterocycles. The first kappa shape index (κ1) is 24.4. The normalized spacial score (nSPS) is 17.2. The van der Waals surface area contributed by atoms with Gasteiger partial charge in [0.2, 0.25) is 15.9 Å². The Labute approximate surface area is 193 Å². The largest absolute Gasteiger partial charge is 0.338 e. The van der Waals surface area contributed by atoms with E-state index in [1.165, 1.54) is 24.3 Å². The highest BCUT2D eigenvalue weighted by molar-refractivity contribution is 7.89. The lowest BCUT2D eigenvalue weighted by atomic mass is 10.1. The number of piperidine rings is 1. The summed E-state index contributed by atoms with van der Waals surface area (Å²) < 4.78 is 42.9. The third kappa shape index (κ3) is 5.96. The van der Waals surface area contributed by atoms with E-state index in [0.717, 1.165) is 31.1 Å². The fourth-order valence-electron chi connectivity index (χ4n) is 3.67. The first-order valence-electron chi connectivity index (χ1n) is 10.7. The van der Waals surface area contributed by atoms with Crippen LogP contribution in [0.3, 0.4) is 0 Å². The molecule has 1 fully saturated rings. The van der Waals surface area contributed by atoms with Crippen molar-refractivity contribution in [3.63, 3.8) is 0 Å². The monoisotopic (exact) mass is 482 g/mol. The molecule has 0 aliphatic carbocycles. The second kappa shape index (κ2) is 10.6. The van der Waals surface area contributed by atoms with Crippen LogP contribution >= 0.6 is 11.6 Å². The van der Waals surface area contributed by atoms with Gasteiger partial charge in [0.1, 0.15) is 11.0 Å². The number of aromatic nitrogens is 2. The number of hydrogen-bond donors (Lipinski definition) is 1. The Kier molecular flexibility index (Phi) is 8.08. The molecule has 0 radical (unpaired) electrons. The van der Waals surface area contributed by atoms with Crippen LogP contribution in [0, 0.1) is 12.7 Å². The van der Waals surface area contributed by atoms with Gasteiger partial charge >= 0.3 is 0 Å². The van der Waals surface area contributed by atoms with Gasteiger partial charge in [0, 0.05) is 37.3 Å². The highest BCUT2D eigenvalue weighted by Crippen LogP contribution is 2.22. The van der Waals surface area contributed by atoms with Gasteiger partial charge in [-0.2, -0.15) is 5.10 Å². The van der Waals surface area contributed by atoms with E-state index in [1.54, 1.807) is 15.7 Å². The number of benzene rings is 1. The predicted molar refractivity (Wildman–Crippen MR) is 122 cm³/mol. The molecular formula is C22H28ClFN4O3S. The molecular weight excluding hydrogens is 455 g/mol. The molecule has 0 saturated carbocycles. The number of rotatable bonds is 8. The van der Waals surface area contributed by atoms with Crippen LogP contribution < -0.4 is 4.72 Å². The fraction of sp³-hybridized carbons (Fsp3) is 0.455. The van der Waals surface area contributed by atoms with Crippen molar-refractivity contribution in [1.82, 2.24) is 19.4 Å². The van der Waals surface area contributed by atoms with Crippen LogP contribution in [-0.2, 0) is 21.4 Å². The average molecular weight is 483 g/mol. The topological polar surface area (TPSA) is 84.3 Å². The number of aryl methyl sites for hydroxylation is 2. The summed E-state index contributed by atoms with van der Waals surface area (Å²) in [5.41, 5.74) is 1.45. The number of amides is 1. The van der Waals surface area contributed by atoms with Gasteiger partial charge in [-0.25, -0.2) is 17.5 Å². The van der Waals surface area contributed by atoms with Gasteiger partial charge < -0.3 is 4.90 Å². The van der Waals surface area contributed by atoms with E-state index in [9.17, 15) is 17.6 Å². The quantitative estimate of drug-likeness (QED) is 0.580. The zero-order valence-corrected chi connectivity index (χ0v) is 19.8. The Morgan fingerprint density at radius 1 is 1.41 bits per heavy atom. The number of carbonyl (C=O) groups excluding carboxylic acids is 1. The van der Waals surface area contributed by atoms with Crippen molar-refractivity contribution < 1.29 is 17.6 Å². The van der Waals surface area contributed by atoms with Gasteiger partial charge in [-0.15, -0.1) is 0 Å². The Morgan fingerprint density at radius 3 is 2.91 bits per heavy atom. The summed E-state index contributed by atoms with van der Waals surface area (Å²) in [4.78, 5) is 14.2. The maximum absolute atomic E-state index is 13.4. The molecule has 1 aromatic heterocycles. The zero-order valence-electron chi connectivity index (χ0n) is 18.2. The number of likely N-dealkylation sites (tertiary alicyclic amines) is 1. The molecule has 2 aromatic rings. The third-order valence-corrected chi connectivity index (χ3v) is 7.30. The molecule has 1 aromatic carbocycles. The maximum atomic E-state index is 13.4. The van der Waals surface area contributed by atoms with Crippen LogP contribution in [0.1, 0.15) is 43.9 Å². The van der Waals surface area contributed by atoms with E-state index in [2.05, 4.69) is 16.7 Å². The second-order valence-corrected chi connectivity index (χ2v) is 9.97. The molecule has 3 rings (SSSR count). The van der Waals surface area contributed by atoms with Gasteiger partial charge in [0.25, 0.3) is 0 Å². The number of hydrogen-bond acceptors (Lipinski definition) is 4. The molecule has 1 amide bonds. The highest BCUT2D eigenvalue weighted by atomic mass is 35.5. The van der Waals surface area contributed by atoms with Crippen molar-refractivity contribution in [2.45, 2.75) is 57.0 Å². The molecule has 10 heteroatoms. The van der Waals surface area contributed by atoms with E-state index in [-0.39, 0.29) is 17.3 Å². The van der Waals surface area contributed by atoms with Crippen molar-refractivity contribution in [2.75, 3.05) is 13.1 Å². The molecule has 0 spiro atoms. The highest BCUT2D eigenvalue weighted by Gasteiger charge is 2.27. The molecule has 32 heavy (non-hydrogen) atoms. The average Bonchev–Trinajstić information content (AvgIpc) is 3.03. The summed E-state index contributed by atoms with van der Waals surface area (Å²) in [5, 5.41) is 4.93. The van der Waals surface area contributed by atoms with Crippen molar-refractivity contribution in [3.05, 3.63) is 52.6 Å². The van der Waals surface area contributed by atoms with Crippen LogP contribution in [0.5, 0.6) is 0 Å². The van der Waals surface area contributed by atoms with Gasteiger partial charge in [-0.3, -0.25) is 9.48 Å².